The van der Waals surface area contributed by atoms with Crippen molar-refractivity contribution in [3.8, 4) is 0 Å². The minimum atomic E-state index is -0.102. The van der Waals surface area contributed by atoms with Crippen molar-refractivity contribution >= 4 is 34.8 Å². The van der Waals surface area contributed by atoms with Gasteiger partial charge in [0, 0.05) is 17.6 Å². The summed E-state index contributed by atoms with van der Waals surface area (Å²) in [6.45, 7) is 6.92. The van der Waals surface area contributed by atoms with Crippen molar-refractivity contribution in [1.29, 1.82) is 0 Å². The highest BCUT2D eigenvalue weighted by Gasteiger charge is 2.23. The highest BCUT2D eigenvalue weighted by Crippen LogP contribution is 2.29. The number of nitrogen functional groups attached to an aromatic ring is 1. The molecule has 0 fully saturated rings. The molecule has 20 heavy (non-hydrogen) atoms. The summed E-state index contributed by atoms with van der Waals surface area (Å²) in [5.41, 5.74) is 6.61. The molecule has 0 bridgehead atoms. The summed E-state index contributed by atoms with van der Waals surface area (Å²) in [5.74, 6) is -0.102. The molecular formula is C15H22Cl2N2O. The Balaban J connectivity index is 3.11. The molecule has 0 spiro atoms. The number of halogens is 2. The van der Waals surface area contributed by atoms with Crippen LogP contribution < -0.4 is 5.73 Å². The fourth-order valence-electron chi connectivity index (χ4n) is 1.99. The van der Waals surface area contributed by atoms with E-state index in [-0.39, 0.29) is 11.9 Å². The molecule has 0 aromatic heterocycles. The number of hydrogen-bond acceptors (Lipinski definition) is 2. The van der Waals surface area contributed by atoms with Gasteiger partial charge in [-0.2, -0.15) is 0 Å². The van der Waals surface area contributed by atoms with Crippen LogP contribution in [-0.4, -0.2) is 23.4 Å². The van der Waals surface area contributed by atoms with Crippen molar-refractivity contribution in [2.45, 2.75) is 46.1 Å². The van der Waals surface area contributed by atoms with E-state index >= 15 is 0 Å². The van der Waals surface area contributed by atoms with Crippen molar-refractivity contribution in [3.05, 3.63) is 27.7 Å². The number of carbonyl (C=O) groups excluding carboxylic acids is 1. The number of hydrogen-bond donors (Lipinski definition) is 1. The largest absolute Gasteiger partial charge is 0.397 e. The van der Waals surface area contributed by atoms with Crippen LogP contribution >= 0.6 is 23.2 Å². The maximum absolute atomic E-state index is 12.7. The summed E-state index contributed by atoms with van der Waals surface area (Å²) in [5, 5.41) is 0.743. The Kier molecular flexibility index (Phi) is 6.63. The van der Waals surface area contributed by atoms with Gasteiger partial charge in [0.15, 0.2) is 0 Å². The standard InChI is InChI=1S/C15H22Cl2N2O/c1-4-6-7-19(10(3)5-2)15(20)12-8-11(16)9-13(17)14(12)18/h8-10H,4-7,18H2,1-3H3. The van der Waals surface area contributed by atoms with E-state index in [1.54, 1.807) is 12.1 Å². The van der Waals surface area contributed by atoms with Crippen LogP contribution in [0.4, 0.5) is 5.69 Å². The van der Waals surface area contributed by atoms with Gasteiger partial charge >= 0.3 is 0 Å². The van der Waals surface area contributed by atoms with Gasteiger partial charge in [-0.3, -0.25) is 4.79 Å². The fraction of sp³-hybridized carbons (Fsp3) is 0.533. The smallest absolute Gasteiger partial charge is 0.256 e. The number of rotatable bonds is 6. The van der Waals surface area contributed by atoms with Crippen LogP contribution in [-0.2, 0) is 0 Å². The predicted octanol–water partition coefficient (Wildman–Crippen LogP) is 4.62. The van der Waals surface area contributed by atoms with E-state index < -0.39 is 0 Å². The monoisotopic (exact) mass is 316 g/mol. The molecule has 0 aliphatic rings. The number of nitrogens with zero attached hydrogens (tertiary/aromatic N) is 1. The molecule has 5 heteroatoms. The third-order valence-electron chi connectivity index (χ3n) is 3.46. The van der Waals surface area contributed by atoms with Crippen LogP contribution in [0.3, 0.4) is 0 Å². The first-order valence-electron chi connectivity index (χ1n) is 6.97. The van der Waals surface area contributed by atoms with Gasteiger partial charge in [-0.25, -0.2) is 0 Å². The third kappa shape index (κ3) is 4.03. The van der Waals surface area contributed by atoms with Gasteiger partial charge in [0.2, 0.25) is 0 Å². The van der Waals surface area contributed by atoms with Gasteiger partial charge in [-0.1, -0.05) is 43.5 Å². The summed E-state index contributed by atoms with van der Waals surface area (Å²) in [6.07, 6.45) is 2.89. The number of nitrogens with two attached hydrogens (primary N) is 1. The fourth-order valence-corrected chi connectivity index (χ4v) is 2.48. The lowest BCUT2D eigenvalue weighted by atomic mass is 10.1. The summed E-state index contributed by atoms with van der Waals surface area (Å²) in [7, 11) is 0. The molecule has 1 amide bonds. The van der Waals surface area contributed by atoms with Gasteiger partial charge in [0.25, 0.3) is 5.91 Å². The van der Waals surface area contributed by atoms with E-state index in [0.717, 1.165) is 19.3 Å². The highest BCUT2D eigenvalue weighted by molar-refractivity contribution is 6.37. The minimum absolute atomic E-state index is 0.102. The number of unbranched alkanes of at least 4 members (excludes halogenated alkanes) is 1. The van der Waals surface area contributed by atoms with E-state index in [1.165, 1.54) is 0 Å². The normalized spacial score (nSPS) is 12.2. The van der Waals surface area contributed by atoms with Gasteiger partial charge in [0.1, 0.15) is 0 Å². The maximum Gasteiger partial charge on any atom is 0.256 e. The highest BCUT2D eigenvalue weighted by atomic mass is 35.5. The molecule has 0 aliphatic heterocycles. The zero-order valence-corrected chi connectivity index (χ0v) is 13.8. The summed E-state index contributed by atoms with van der Waals surface area (Å²) < 4.78 is 0. The van der Waals surface area contributed by atoms with Crippen LogP contribution in [0.25, 0.3) is 0 Å². The lowest BCUT2D eigenvalue weighted by Crippen LogP contribution is -2.39. The van der Waals surface area contributed by atoms with Crippen LogP contribution in [0.2, 0.25) is 10.0 Å². The van der Waals surface area contributed by atoms with E-state index in [4.69, 9.17) is 28.9 Å². The molecule has 0 aliphatic carbocycles. The van der Waals surface area contributed by atoms with Gasteiger partial charge in [0.05, 0.1) is 16.3 Å². The number of amides is 1. The Labute approximate surface area is 131 Å². The van der Waals surface area contributed by atoms with Crippen LogP contribution in [0, 0.1) is 0 Å². The van der Waals surface area contributed by atoms with Crippen LogP contribution in [0.5, 0.6) is 0 Å². The third-order valence-corrected chi connectivity index (χ3v) is 3.99. The van der Waals surface area contributed by atoms with E-state index in [0.29, 0.717) is 27.8 Å². The lowest BCUT2D eigenvalue weighted by molar-refractivity contribution is 0.0686. The van der Waals surface area contributed by atoms with Gasteiger partial charge < -0.3 is 10.6 Å². The Bertz CT molecular complexity index is 477. The average Bonchev–Trinajstić information content (AvgIpc) is 2.42. The number of benzene rings is 1. The van der Waals surface area contributed by atoms with Gasteiger partial charge in [-0.05, 0) is 31.9 Å². The first-order chi connectivity index (χ1) is 9.42. The second-order valence-corrected chi connectivity index (χ2v) is 5.80. The van der Waals surface area contributed by atoms with Crippen molar-refractivity contribution in [3.63, 3.8) is 0 Å². The quantitative estimate of drug-likeness (QED) is 0.778. The molecule has 3 nitrogen and oxygen atoms in total. The van der Waals surface area contributed by atoms with Crippen LogP contribution in [0.15, 0.2) is 12.1 Å². The first-order valence-corrected chi connectivity index (χ1v) is 7.73. The average molecular weight is 317 g/mol. The molecule has 1 aromatic rings. The minimum Gasteiger partial charge on any atom is -0.397 e. The Morgan fingerprint density at radius 1 is 1.35 bits per heavy atom. The summed E-state index contributed by atoms with van der Waals surface area (Å²) in [6, 6.07) is 3.30. The summed E-state index contributed by atoms with van der Waals surface area (Å²) in [4.78, 5) is 14.6. The van der Waals surface area contributed by atoms with Gasteiger partial charge in [-0.15, -0.1) is 0 Å². The van der Waals surface area contributed by atoms with Crippen LogP contribution in [0.1, 0.15) is 50.4 Å². The molecule has 0 saturated heterocycles. The molecule has 0 radical (unpaired) electrons. The molecule has 1 atom stereocenters. The second kappa shape index (κ2) is 7.75. The summed E-state index contributed by atoms with van der Waals surface area (Å²) >= 11 is 12.0. The van der Waals surface area contributed by atoms with E-state index in [9.17, 15) is 4.79 Å². The Morgan fingerprint density at radius 2 is 2.00 bits per heavy atom. The molecule has 1 unspecified atom stereocenters. The Hall–Kier alpha value is -0.930. The maximum atomic E-state index is 12.7. The number of anilines is 1. The molecule has 1 rings (SSSR count). The Morgan fingerprint density at radius 3 is 2.55 bits per heavy atom. The van der Waals surface area contributed by atoms with Crippen molar-refractivity contribution in [2.75, 3.05) is 12.3 Å². The predicted molar refractivity (Wildman–Crippen MR) is 86.6 cm³/mol. The zero-order chi connectivity index (χ0) is 15.3. The molecule has 112 valence electrons. The molecule has 0 saturated carbocycles. The first kappa shape index (κ1) is 17.1. The topological polar surface area (TPSA) is 46.3 Å². The molecule has 1 aromatic carbocycles. The lowest BCUT2D eigenvalue weighted by Gasteiger charge is -2.29. The van der Waals surface area contributed by atoms with Crippen molar-refractivity contribution in [1.82, 2.24) is 4.90 Å². The second-order valence-electron chi connectivity index (χ2n) is 4.96. The zero-order valence-electron chi connectivity index (χ0n) is 12.2. The molecule has 0 heterocycles. The number of carbonyl (C=O) groups is 1. The van der Waals surface area contributed by atoms with E-state index in [1.807, 2.05) is 11.8 Å². The van der Waals surface area contributed by atoms with Crippen molar-refractivity contribution < 1.29 is 4.79 Å². The van der Waals surface area contributed by atoms with E-state index in [2.05, 4.69) is 13.8 Å². The van der Waals surface area contributed by atoms with Crippen molar-refractivity contribution in [2.24, 2.45) is 0 Å². The molecular weight excluding hydrogens is 295 g/mol. The SMILES string of the molecule is CCCCN(C(=O)c1cc(Cl)cc(Cl)c1N)C(C)CC. The molecule has 2 N–H and O–H groups in total.